The molecule has 1 heterocycles. The second-order valence-corrected chi connectivity index (χ2v) is 3.76. The van der Waals surface area contributed by atoms with Gasteiger partial charge < -0.3 is 14.8 Å². The second kappa shape index (κ2) is 5.86. The molecule has 98 valence electrons. The van der Waals surface area contributed by atoms with Crippen LogP contribution in [0.2, 0.25) is 0 Å². The Hall–Kier alpha value is -2.56. The molecule has 5 heteroatoms. The molecule has 1 aromatic carbocycles. The average molecular weight is 258 g/mol. The van der Waals surface area contributed by atoms with Gasteiger partial charge in [0.15, 0.2) is 0 Å². The summed E-state index contributed by atoms with van der Waals surface area (Å²) >= 11 is 0. The summed E-state index contributed by atoms with van der Waals surface area (Å²) in [5, 5.41) is 2.78. The first-order valence-electron chi connectivity index (χ1n) is 5.68. The van der Waals surface area contributed by atoms with Crippen LogP contribution < -0.4 is 14.8 Å². The summed E-state index contributed by atoms with van der Waals surface area (Å²) in [6.45, 7) is 0. The van der Waals surface area contributed by atoms with E-state index in [2.05, 4.69) is 10.3 Å². The van der Waals surface area contributed by atoms with Gasteiger partial charge in [0, 0.05) is 24.0 Å². The van der Waals surface area contributed by atoms with Crippen molar-refractivity contribution in [3.63, 3.8) is 0 Å². The highest BCUT2D eigenvalue weighted by atomic mass is 16.5. The molecule has 0 aliphatic carbocycles. The van der Waals surface area contributed by atoms with Crippen LogP contribution in [-0.4, -0.2) is 25.1 Å². The fourth-order valence-corrected chi connectivity index (χ4v) is 1.60. The van der Waals surface area contributed by atoms with Crippen LogP contribution in [0.15, 0.2) is 42.7 Å². The van der Waals surface area contributed by atoms with E-state index in [1.54, 1.807) is 49.8 Å². The van der Waals surface area contributed by atoms with Gasteiger partial charge in [-0.05, 0) is 24.3 Å². The molecule has 1 N–H and O–H groups in total. The van der Waals surface area contributed by atoms with E-state index in [-0.39, 0.29) is 5.91 Å². The Morgan fingerprint density at radius 2 is 1.84 bits per heavy atom. The van der Waals surface area contributed by atoms with Gasteiger partial charge >= 0.3 is 0 Å². The first-order valence-corrected chi connectivity index (χ1v) is 5.68. The lowest BCUT2D eigenvalue weighted by atomic mass is 10.2. The first kappa shape index (κ1) is 12.9. The molecule has 0 bridgehead atoms. The normalized spacial score (nSPS) is 9.79. The van der Waals surface area contributed by atoms with E-state index in [1.165, 1.54) is 7.11 Å². The molecule has 1 amide bonds. The van der Waals surface area contributed by atoms with E-state index in [0.29, 0.717) is 22.7 Å². The largest absolute Gasteiger partial charge is 0.497 e. The molecule has 19 heavy (non-hydrogen) atoms. The van der Waals surface area contributed by atoms with Gasteiger partial charge in [0.05, 0.1) is 19.9 Å². The monoisotopic (exact) mass is 258 g/mol. The van der Waals surface area contributed by atoms with Crippen LogP contribution in [0.4, 0.5) is 5.69 Å². The molecule has 1 aromatic heterocycles. The molecule has 0 aliphatic heterocycles. The second-order valence-electron chi connectivity index (χ2n) is 3.76. The fourth-order valence-electron chi connectivity index (χ4n) is 1.60. The maximum absolute atomic E-state index is 12.0. The Bertz CT molecular complexity index is 570. The summed E-state index contributed by atoms with van der Waals surface area (Å²) in [5.74, 6) is 0.992. The molecule has 0 spiro atoms. The fraction of sp³-hybridized carbons (Fsp3) is 0.143. The SMILES string of the molecule is COc1ccc(NC(=O)c2ccncc2)c(OC)c1. The summed E-state index contributed by atoms with van der Waals surface area (Å²) < 4.78 is 10.3. The van der Waals surface area contributed by atoms with Crippen molar-refractivity contribution in [2.45, 2.75) is 0 Å². The van der Waals surface area contributed by atoms with Gasteiger partial charge in [-0.15, -0.1) is 0 Å². The van der Waals surface area contributed by atoms with E-state index >= 15 is 0 Å². The van der Waals surface area contributed by atoms with Gasteiger partial charge in [0.1, 0.15) is 11.5 Å². The summed E-state index contributed by atoms with van der Waals surface area (Å²) in [6.07, 6.45) is 3.14. The quantitative estimate of drug-likeness (QED) is 0.914. The van der Waals surface area contributed by atoms with Crippen LogP contribution >= 0.6 is 0 Å². The number of benzene rings is 1. The number of carbonyl (C=O) groups excluding carboxylic acids is 1. The average Bonchev–Trinajstić information content (AvgIpc) is 2.48. The van der Waals surface area contributed by atoms with Gasteiger partial charge in [0.25, 0.3) is 5.91 Å². The van der Waals surface area contributed by atoms with Crippen molar-refractivity contribution in [2.24, 2.45) is 0 Å². The molecule has 0 unspecified atom stereocenters. The number of methoxy groups -OCH3 is 2. The van der Waals surface area contributed by atoms with Crippen LogP contribution in [0.1, 0.15) is 10.4 Å². The number of aromatic nitrogens is 1. The summed E-state index contributed by atoms with van der Waals surface area (Å²) in [5.41, 5.74) is 1.12. The van der Waals surface area contributed by atoms with Crippen LogP contribution in [0.5, 0.6) is 11.5 Å². The highest BCUT2D eigenvalue weighted by Crippen LogP contribution is 2.29. The third-order valence-corrected chi connectivity index (χ3v) is 2.60. The van der Waals surface area contributed by atoms with E-state index in [4.69, 9.17) is 9.47 Å². The zero-order valence-corrected chi connectivity index (χ0v) is 10.7. The number of carbonyl (C=O) groups is 1. The first-order chi connectivity index (χ1) is 9.24. The molecule has 0 aliphatic rings. The van der Waals surface area contributed by atoms with Crippen LogP contribution in [-0.2, 0) is 0 Å². The third kappa shape index (κ3) is 3.01. The van der Waals surface area contributed by atoms with Gasteiger partial charge in [-0.2, -0.15) is 0 Å². The van der Waals surface area contributed by atoms with Crippen molar-refractivity contribution in [1.29, 1.82) is 0 Å². The molecule has 0 fully saturated rings. The summed E-state index contributed by atoms with van der Waals surface area (Å²) in [4.78, 5) is 15.9. The molecule has 0 radical (unpaired) electrons. The minimum absolute atomic E-state index is 0.217. The smallest absolute Gasteiger partial charge is 0.255 e. The van der Waals surface area contributed by atoms with E-state index in [1.807, 2.05) is 0 Å². The lowest BCUT2D eigenvalue weighted by molar-refractivity contribution is 0.102. The Kier molecular flexibility index (Phi) is 3.97. The maximum Gasteiger partial charge on any atom is 0.255 e. The van der Waals surface area contributed by atoms with Gasteiger partial charge in [-0.25, -0.2) is 0 Å². The highest BCUT2D eigenvalue weighted by Gasteiger charge is 2.10. The lowest BCUT2D eigenvalue weighted by Crippen LogP contribution is -2.12. The minimum Gasteiger partial charge on any atom is -0.497 e. The van der Waals surface area contributed by atoms with Crippen molar-refractivity contribution < 1.29 is 14.3 Å². The molecule has 2 aromatic rings. The number of anilines is 1. The van der Waals surface area contributed by atoms with Crippen molar-refractivity contribution in [3.05, 3.63) is 48.3 Å². The van der Waals surface area contributed by atoms with Crippen LogP contribution in [0.25, 0.3) is 0 Å². The lowest BCUT2D eigenvalue weighted by Gasteiger charge is -2.11. The number of ether oxygens (including phenoxy) is 2. The third-order valence-electron chi connectivity index (χ3n) is 2.60. The predicted octanol–water partition coefficient (Wildman–Crippen LogP) is 2.35. The Morgan fingerprint density at radius 3 is 2.47 bits per heavy atom. The van der Waals surface area contributed by atoms with Crippen molar-refractivity contribution in [2.75, 3.05) is 19.5 Å². The molecular formula is C14H14N2O3. The van der Waals surface area contributed by atoms with Crippen LogP contribution in [0.3, 0.4) is 0 Å². The van der Waals surface area contributed by atoms with E-state index < -0.39 is 0 Å². The Balaban J connectivity index is 2.21. The van der Waals surface area contributed by atoms with Gasteiger partial charge in [-0.3, -0.25) is 9.78 Å². The van der Waals surface area contributed by atoms with Gasteiger partial charge in [0.2, 0.25) is 0 Å². The molecule has 0 saturated carbocycles. The number of hydrogen-bond donors (Lipinski definition) is 1. The highest BCUT2D eigenvalue weighted by molar-refractivity contribution is 6.04. The standard InChI is InChI=1S/C14H14N2O3/c1-18-11-3-4-12(13(9-11)19-2)16-14(17)10-5-7-15-8-6-10/h3-9H,1-2H3,(H,16,17). The predicted molar refractivity (Wildman–Crippen MR) is 71.7 cm³/mol. The number of nitrogens with zero attached hydrogens (tertiary/aromatic N) is 1. The molecule has 0 saturated heterocycles. The number of amides is 1. The maximum atomic E-state index is 12.0. The molecule has 2 rings (SSSR count). The summed E-state index contributed by atoms with van der Waals surface area (Å²) in [7, 11) is 3.11. The number of nitrogens with one attached hydrogen (secondary N) is 1. The molecular weight excluding hydrogens is 244 g/mol. The van der Waals surface area contributed by atoms with Crippen molar-refractivity contribution in [1.82, 2.24) is 4.98 Å². The molecule has 5 nitrogen and oxygen atoms in total. The molecule has 0 atom stereocenters. The number of rotatable bonds is 4. The number of pyridine rings is 1. The summed E-state index contributed by atoms with van der Waals surface area (Å²) in [6, 6.07) is 8.49. The van der Waals surface area contributed by atoms with Crippen molar-refractivity contribution in [3.8, 4) is 11.5 Å². The minimum atomic E-state index is -0.217. The van der Waals surface area contributed by atoms with Gasteiger partial charge in [-0.1, -0.05) is 0 Å². The van der Waals surface area contributed by atoms with Crippen molar-refractivity contribution >= 4 is 11.6 Å². The topological polar surface area (TPSA) is 60.5 Å². The van der Waals surface area contributed by atoms with E-state index in [0.717, 1.165) is 0 Å². The Labute approximate surface area is 111 Å². The van der Waals surface area contributed by atoms with E-state index in [9.17, 15) is 4.79 Å². The zero-order valence-electron chi connectivity index (χ0n) is 10.7. The Morgan fingerprint density at radius 1 is 1.11 bits per heavy atom. The number of hydrogen-bond acceptors (Lipinski definition) is 4. The zero-order chi connectivity index (χ0) is 13.7. The van der Waals surface area contributed by atoms with Crippen LogP contribution in [0, 0.1) is 0 Å².